The molecule has 118 valence electrons. The Kier molecular flexibility index (Phi) is 3.04. The highest BCUT2D eigenvalue weighted by molar-refractivity contribution is 5.78. The van der Waals surface area contributed by atoms with Crippen LogP contribution in [-0.4, -0.2) is 38.6 Å². The average molecular weight is 303 g/mol. The molecular weight excluding hydrogens is 282 g/mol. The van der Waals surface area contributed by atoms with E-state index in [1.807, 2.05) is 37.6 Å². The molecular formula is C16H21N3O3. The van der Waals surface area contributed by atoms with E-state index in [-0.39, 0.29) is 24.5 Å². The second-order valence-corrected chi connectivity index (χ2v) is 6.46. The smallest absolute Gasteiger partial charge is 0.164 e. The zero-order valence-electron chi connectivity index (χ0n) is 13.3. The number of aromatic nitrogens is 3. The van der Waals surface area contributed by atoms with Gasteiger partial charge in [-0.1, -0.05) is 6.92 Å². The third kappa shape index (κ3) is 1.98. The van der Waals surface area contributed by atoms with Crippen LogP contribution in [0.3, 0.4) is 0 Å². The molecule has 2 aromatic rings. The second kappa shape index (κ2) is 4.75. The van der Waals surface area contributed by atoms with Gasteiger partial charge in [-0.3, -0.25) is 0 Å². The first-order valence-corrected chi connectivity index (χ1v) is 7.79. The predicted molar refractivity (Wildman–Crippen MR) is 80.3 cm³/mol. The van der Waals surface area contributed by atoms with Crippen molar-refractivity contribution in [2.45, 2.75) is 64.4 Å². The van der Waals surface area contributed by atoms with Crippen molar-refractivity contribution in [1.82, 2.24) is 14.5 Å². The lowest BCUT2D eigenvalue weighted by molar-refractivity contribution is -0.196. The van der Waals surface area contributed by atoms with Crippen LogP contribution in [-0.2, 0) is 14.2 Å². The van der Waals surface area contributed by atoms with Crippen LogP contribution in [0.25, 0.3) is 11.0 Å². The van der Waals surface area contributed by atoms with Crippen molar-refractivity contribution in [2.24, 2.45) is 0 Å². The number of aryl methyl sites for hydroxylation is 1. The summed E-state index contributed by atoms with van der Waals surface area (Å²) in [6.45, 7) is 8.00. The Labute approximate surface area is 129 Å². The first-order valence-electron chi connectivity index (χ1n) is 7.79. The first kappa shape index (κ1) is 14.1. The van der Waals surface area contributed by atoms with Crippen LogP contribution in [0.1, 0.15) is 39.1 Å². The molecule has 0 radical (unpaired) electrons. The minimum absolute atomic E-state index is 0.0367. The minimum Gasteiger partial charge on any atom is -0.349 e. The largest absolute Gasteiger partial charge is 0.349 e. The standard InChI is InChI=1S/C16H21N3O3/c1-5-11-12-13(22-16(3,4)21-12)15(20-11)19-7-6-10-9(2)17-8-18-14(10)19/h6-8,11-13,15H,5H2,1-4H3/t11-,12-,13-,15-/m1/s1. The van der Waals surface area contributed by atoms with E-state index < -0.39 is 5.79 Å². The Balaban J connectivity index is 1.77. The van der Waals surface area contributed by atoms with Crippen LogP contribution in [0.5, 0.6) is 0 Å². The molecule has 6 nitrogen and oxygen atoms in total. The molecule has 4 rings (SSSR count). The molecule has 0 aliphatic carbocycles. The number of rotatable bonds is 2. The first-order chi connectivity index (χ1) is 10.5. The summed E-state index contributed by atoms with van der Waals surface area (Å²) < 4.78 is 20.4. The Bertz CT molecular complexity index is 712. The van der Waals surface area contributed by atoms with Gasteiger partial charge in [-0.2, -0.15) is 0 Å². The number of fused-ring (bicyclic) bond motifs is 2. The molecule has 6 heteroatoms. The van der Waals surface area contributed by atoms with Gasteiger partial charge in [0.15, 0.2) is 12.0 Å². The maximum atomic E-state index is 6.22. The normalized spacial score (nSPS) is 33.5. The number of ether oxygens (including phenoxy) is 3. The highest BCUT2D eigenvalue weighted by Gasteiger charge is 2.55. The molecule has 0 saturated carbocycles. The maximum absolute atomic E-state index is 6.22. The second-order valence-electron chi connectivity index (χ2n) is 6.46. The third-order valence-corrected chi connectivity index (χ3v) is 4.51. The van der Waals surface area contributed by atoms with E-state index in [0.717, 1.165) is 23.1 Å². The van der Waals surface area contributed by atoms with Crippen LogP contribution in [0.4, 0.5) is 0 Å². The molecule has 0 unspecified atom stereocenters. The predicted octanol–water partition coefficient (Wildman–Crippen LogP) is 2.57. The fraction of sp³-hybridized carbons (Fsp3) is 0.625. The Morgan fingerprint density at radius 1 is 1.23 bits per heavy atom. The summed E-state index contributed by atoms with van der Waals surface area (Å²) >= 11 is 0. The SMILES string of the molecule is CC[C@H]1O[C@@H](n2ccc3c(C)ncnc32)[C@@H]2OC(C)(C)O[C@@H]21. The van der Waals surface area contributed by atoms with Crippen molar-refractivity contribution in [3.8, 4) is 0 Å². The van der Waals surface area contributed by atoms with E-state index in [2.05, 4.69) is 16.9 Å². The summed E-state index contributed by atoms with van der Waals surface area (Å²) in [5, 5.41) is 1.04. The van der Waals surface area contributed by atoms with E-state index in [1.165, 1.54) is 0 Å². The Morgan fingerprint density at radius 2 is 2.00 bits per heavy atom. The van der Waals surface area contributed by atoms with Gasteiger partial charge in [-0.05, 0) is 33.3 Å². The van der Waals surface area contributed by atoms with Gasteiger partial charge in [0.25, 0.3) is 0 Å². The third-order valence-electron chi connectivity index (χ3n) is 4.51. The fourth-order valence-corrected chi connectivity index (χ4v) is 3.51. The van der Waals surface area contributed by atoms with Crippen LogP contribution < -0.4 is 0 Å². The zero-order chi connectivity index (χ0) is 15.5. The molecule has 2 fully saturated rings. The summed E-state index contributed by atoms with van der Waals surface area (Å²) in [5.41, 5.74) is 1.84. The summed E-state index contributed by atoms with van der Waals surface area (Å²) in [6, 6.07) is 2.03. The summed E-state index contributed by atoms with van der Waals surface area (Å²) in [6.07, 6.45) is 4.15. The van der Waals surface area contributed by atoms with Crippen LogP contribution in [0, 0.1) is 6.92 Å². The molecule has 4 atom stereocenters. The van der Waals surface area contributed by atoms with Gasteiger partial charge < -0.3 is 18.8 Å². The van der Waals surface area contributed by atoms with Gasteiger partial charge in [0.2, 0.25) is 0 Å². The average Bonchev–Trinajstić information content (AvgIpc) is 3.10. The van der Waals surface area contributed by atoms with E-state index in [9.17, 15) is 0 Å². The molecule has 4 heterocycles. The summed E-state index contributed by atoms with van der Waals surface area (Å²) in [5.74, 6) is -0.571. The monoisotopic (exact) mass is 303 g/mol. The summed E-state index contributed by atoms with van der Waals surface area (Å²) in [7, 11) is 0. The van der Waals surface area contributed by atoms with Crippen molar-refractivity contribution in [1.29, 1.82) is 0 Å². The maximum Gasteiger partial charge on any atom is 0.164 e. The quantitative estimate of drug-likeness (QED) is 0.853. The number of nitrogens with zero attached hydrogens (tertiary/aromatic N) is 3. The van der Waals surface area contributed by atoms with Crippen molar-refractivity contribution in [3.05, 3.63) is 24.3 Å². The van der Waals surface area contributed by atoms with Crippen LogP contribution in [0.2, 0.25) is 0 Å². The van der Waals surface area contributed by atoms with E-state index in [0.29, 0.717) is 0 Å². The highest BCUT2D eigenvalue weighted by Crippen LogP contribution is 2.44. The van der Waals surface area contributed by atoms with E-state index >= 15 is 0 Å². The molecule has 0 aromatic carbocycles. The van der Waals surface area contributed by atoms with Gasteiger partial charge in [-0.25, -0.2) is 9.97 Å². The molecule has 2 saturated heterocycles. The molecule has 2 aliphatic heterocycles. The molecule has 2 aromatic heterocycles. The van der Waals surface area contributed by atoms with Gasteiger partial charge in [-0.15, -0.1) is 0 Å². The summed E-state index contributed by atoms with van der Waals surface area (Å²) in [4.78, 5) is 8.67. The Morgan fingerprint density at radius 3 is 2.77 bits per heavy atom. The van der Waals surface area contributed by atoms with Gasteiger partial charge in [0.05, 0.1) is 11.8 Å². The fourth-order valence-electron chi connectivity index (χ4n) is 3.51. The van der Waals surface area contributed by atoms with Crippen molar-refractivity contribution in [3.63, 3.8) is 0 Å². The van der Waals surface area contributed by atoms with Crippen LogP contribution in [0.15, 0.2) is 18.6 Å². The molecule has 0 spiro atoms. The molecule has 0 N–H and O–H groups in total. The topological polar surface area (TPSA) is 58.4 Å². The Hall–Kier alpha value is -1.50. The van der Waals surface area contributed by atoms with E-state index in [4.69, 9.17) is 14.2 Å². The zero-order valence-corrected chi connectivity index (χ0v) is 13.3. The molecule has 22 heavy (non-hydrogen) atoms. The van der Waals surface area contributed by atoms with E-state index in [1.54, 1.807) is 6.33 Å². The lowest BCUT2D eigenvalue weighted by atomic mass is 10.1. The highest BCUT2D eigenvalue weighted by atomic mass is 16.8. The van der Waals surface area contributed by atoms with Crippen molar-refractivity contribution in [2.75, 3.05) is 0 Å². The van der Waals surface area contributed by atoms with Gasteiger partial charge in [0, 0.05) is 11.6 Å². The number of hydrogen-bond donors (Lipinski definition) is 0. The minimum atomic E-state index is -0.571. The van der Waals surface area contributed by atoms with Crippen molar-refractivity contribution < 1.29 is 14.2 Å². The number of hydrogen-bond acceptors (Lipinski definition) is 5. The molecule has 0 amide bonds. The molecule has 0 bridgehead atoms. The lowest BCUT2D eigenvalue weighted by Crippen LogP contribution is -2.28. The lowest BCUT2D eigenvalue weighted by Gasteiger charge is -2.24. The molecule has 2 aliphatic rings. The van der Waals surface area contributed by atoms with Crippen molar-refractivity contribution >= 4 is 11.0 Å². The van der Waals surface area contributed by atoms with Gasteiger partial charge in [0.1, 0.15) is 24.2 Å². The van der Waals surface area contributed by atoms with Gasteiger partial charge >= 0.3 is 0 Å². The van der Waals surface area contributed by atoms with Crippen LogP contribution >= 0.6 is 0 Å².